The highest BCUT2D eigenvalue weighted by atomic mass is 19.1. The lowest BCUT2D eigenvalue weighted by atomic mass is 9.79. The molecule has 0 heterocycles. The average molecular weight is 279 g/mol. The monoisotopic (exact) mass is 279 g/mol. The second-order valence-corrected chi connectivity index (χ2v) is 6.00. The number of halogens is 1. The van der Waals surface area contributed by atoms with Crippen LogP contribution < -0.4 is 5.32 Å². The van der Waals surface area contributed by atoms with E-state index in [1.807, 2.05) is 0 Å². The van der Waals surface area contributed by atoms with Gasteiger partial charge in [-0.3, -0.25) is 0 Å². The van der Waals surface area contributed by atoms with Crippen molar-refractivity contribution in [2.24, 2.45) is 11.8 Å². The summed E-state index contributed by atoms with van der Waals surface area (Å²) >= 11 is 0. The zero-order valence-corrected chi connectivity index (χ0v) is 12.0. The first-order valence-electron chi connectivity index (χ1n) is 7.26. The number of hydrogen-bond donors (Lipinski definition) is 2. The topological polar surface area (TPSA) is 49.3 Å². The minimum atomic E-state index is -1.03. The summed E-state index contributed by atoms with van der Waals surface area (Å²) in [6.07, 6.45) is 4.32. The second kappa shape index (κ2) is 6.25. The van der Waals surface area contributed by atoms with Gasteiger partial charge < -0.3 is 10.4 Å². The van der Waals surface area contributed by atoms with Crippen molar-refractivity contribution in [3.05, 3.63) is 29.6 Å². The summed E-state index contributed by atoms with van der Waals surface area (Å²) in [5.41, 5.74) is 0.419. The van der Waals surface area contributed by atoms with E-state index in [0.717, 1.165) is 31.6 Å². The van der Waals surface area contributed by atoms with Gasteiger partial charge in [-0.2, -0.15) is 0 Å². The molecule has 1 aliphatic carbocycles. The molecule has 2 N–H and O–H groups in total. The van der Waals surface area contributed by atoms with E-state index in [1.54, 1.807) is 0 Å². The lowest BCUT2D eigenvalue weighted by Crippen LogP contribution is -2.28. The Balaban J connectivity index is 2.00. The van der Waals surface area contributed by atoms with Gasteiger partial charge in [0, 0.05) is 6.04 Å². The van der Waals surface area contributed by atoms with Crippen molar-refractivity contribution < 1.29 is 14.3 Å². The first-order valence-corrected chi connectivity index (χ1v) is 7.26. The van der Waals surface area contributed by atoms with Crippen LogP contribution in [0, 0.1) is 17.7 Å². The van der Waals surface area contributed by atoms with Gasteiger partial charge in [-0.05, 0) is 55.7 Å². The lowest BCUT2D eigenvalue weighted by molar-refractivity contribution is 0.0697. The normalized spacial score (nSPS) is 22.8. The molecule has 0 amide bonds. The molecule has 0 radical (unpaired) electrons. The largest absolute Gasteiger partial charge is 0.478 e. The van der Waals surface area contributed by atoms with E-state index < -0.39 is 5.97 Å². The Hall–Kier alpha value is -1.58. The second-order valence-electron chi connectivity index (χ2n) is 6.00. The van der Waals surface area contributed by atoms with Gasteiger partial charge >= 0.3 is 5.97 Å². The van der Waals surface area contributed by atoms with E-state index in [4.69, 9.17) is 5.11 Å². The van der Waals surface area contributed by atoms with Crippen LogP contribution in [0.1, 0.15) is 49.9 Å². The molecular formula is C16H22FNO2. The maximum absolute atomic E-state index is 13.7. The van der Waals surface area contributed by atoms with Gasteiger partial charge in [0.25, 0.3) is 0 Å². The Bertz CT molecular complexity index is 479. The van der Waals surface area contributed by atoms with Crippen LogP contribution in [-0.4, -0.2) is 17.1 Å². The number of carboxylic acid groups (broad SMARTS) is 1. The summed E-state index contributed by atoms with van der Waals surface area (Å²) < 4.78 is 13.7. The minimum absolute atomic E-state index is 0.116. The van der Waals surface area contributed by atoms with E-state index in [0.29, 0.717) is 11.6 Å². The number of nitrogens with one attached hydrogen (secondary N) is 1. The van der Waals surface area contributed by atoms with E-state index in [1.165, 1.54) is 18.2 Å². The van der Waals surface area contributed by atoms with Crippen LogP contribution in [0.25, 0.3) is 0 Å². The highest BCUT2D eigenvalue weighted by molar-refractivity contribution is 5.88. The molecule has 0 saturated heterocycles. The van der Waals surface area contributed by atoms with Gasteiger partial charge in [0.2, 0.25) is 0 Å². The molecule has 0 aliphatic heterocycles. The van der Waals surface area contributed by atoms with Crippen LogP contribution in [0.4, 0.5) is 10.1 Å². The summed E-state index contributed by atoms with van der Waals surface area (Å²) in [4.78, 5) is 10.9. The summed E-state index contributed by atoms with van der Waals surface area (Å²) in [5.74, 6) is 0.0313. The van der Waals surface area contributed by atoms with Gasteiger partial charge in [-0.15, -0.1) is 0 Å². The number of hydrogen-bond acceptors (Lipinski definition) is 2. The number of carboxylic acids is 1. The number of benzene rings is 1. The van der Waals surface area contributed by atoms with Crippen LogP contribution in [0.15, 0.2) is 18.2 Å². The van der Waals surface area contributed by atoms with E-state index in [9.17, 15) is 9.18 Å². The highest BCUT2D eigenvalue weighted by Crippen LogP contribution is 2.31. The SMILES string of the molecule is CC(C)C1CCC(Nc2cc(C(=O)O)ccc2F)CC1. The molecule has 0 spiro atoms. The van der Waals surface area contributed by atoms with Gasteiger partial charge in [-0.25, -0.2) is 9.18 Å². The molecule has 1 fully saturated rings. The molecule has 20 heavy (non-hydrogen) atoms. The number of rotatable bonds is 4. The molecule has 110 valence electrons. The molecule has 0 bridgehead atoms. The van der Waals surface area contributed by atoms with E-state index >= 15 is 0 Å². The van der Waals surface area contributed by atoms with Gasteiger partial charge in [0.15, 0.2) is 0 Å². The third-order valence-electron chi connectivity index (χ3n) is 4.29. The zero-order chi connectivity index (χ0) is 14.7. The Labute approximate surface area is 119 Å². The Morgan fingerprint density at radius 2 is 1.95 bits per heavy atom. The van der Waals surface area contributed by atoms with E-state index in [2.05, 4.69) is 19.2 Å². The van der Waals surface area contributed by atoms with Gasteiger partial charge in [0.1, 0.15) is 5.82 Å². The van der Waals surface area contributed by atoms with Crippen molar-refractivity contribution in [1.82, 2.24) is 0 Å². The summed E-state index contributed by atoms with van der Waals surface area (Å²) in [6, 6.07) is 4.12. The fourth-order valence-electron chi connectivity index (χ4n) is 2.92. The fourth-order valence-corrected chi connectivity index (χ4v) is 2.92. The summed E-state index contributed by atoms with van der Waals surface area (Å²) in [5, 5.41) is 12.1. The number of anilines is 1. The van der Waals surface area contributed by atoms with Gasteiger partial charge in [-0.1, -0.05) is 13.8 Å². The molecule has 4 heteroatoms. The predicted molar refractivity (Wildman–Crippen MR) is 77.6 cm³/mol. The Morgan fingerprint density at radius 1 is 1.30 bits per heavy atom. The van der Waals surface area contributed by atoms with Crippen LogP contribution >= 0.6 is 0 Å². The maximum atomic E-state index is 13.7. The van der Waals surface area contributed by atoms with Crippen molar-refractivity contribution in [3.8, 4) is 0 Å². The minimum Gasteiger partial charge on any atom is -0.478 e. The van der Waals surface area contributed by atoms with Crippen molar-refractivity contribution >= 4 is 11.7 Å². The van der Waals surface area contributed by atoms with Crippen LogP contribution in [0.2, 0.25) is 0 Å². The van der Waals surface area contributed by atoms with Gasteiger partial charge in [0.05, 0.1) is 11.3 Å². The van der Waals surface area contributed by atoms with Crippen molar-refractivity contribution in [2.75, 3.05) is 5.32 Å². The van der Waals surface area contributed by atoms with Crippen LogP contribution in [0.3, 0.4) is 0 Å². The number of aromatic carboxylic acids is 1. The van der Waals surface area contributed by atoms with Crippen molar-refractivity contribution in [2.45, 2.75) is 45.6 Å². The molecule has 1 aromatic carbocycles. The fraction of sp³-hybridized carbons (Fsp3) is 0.562. The Morgan fingerprint density at radius 3 is 2.50 bits per heavy atom. The first kappa shape index (κ1) is 14.8. The third kappa shape index (κ3) is 3.50. The first-order chi connectivity index (χ1) is 9.47. The standard InChI is InChI=1S/C16H22FNO2/c1-10(2)11-3-6-13(7-4-11)18-15-9-12(16(19)20)5-8-14(15)17/h5,8-11,13,18H,3-4,6-7H2,1-2H3,(H,19,20). The predicted octanol–water partition coefficient (Wildman–Crippen LogP) is 4.15. The molecule has 0 unspecified atom stereocenters. The van der Waals surface area contributed by atoms with Crippen LogP contribution in [0.5, 0.6) is 0 Å². The smallest absolute Gasteiger partial charge is 0.335 e. The van der Waals surface area contributed by atoms with E-state index in [-0.39, 0.29) is 17.4 Å². The van der Waals surface area contributed by atoms with Crippen molar-refractivity contribution in [1.29, 1.82) is 0 Å². The third-order valence-corrected chi connectivity index (χ3v) is 4.29. The molecular weight excluding hydrogens is 257 g/mol. The Kier molecular flexibility index (Phi) is 4.63. The molecule has 1 aromatic rings. The zero-order valence-electron chi connectivity index (χ0n) is 12.0. The highest BCUT2D eigenvalue weighted by Gasteiger charge is 2.23. The summed E-state index contributed by atoms with van der Waals surface area (Å²) in [7, 11) is 0. The number of carbonyl (C=O) groups is 1. The molecule has 3 nitrogen and oxygen atoms in total. The molecule has 2 rings (SSSR count). The summed E-state index contributed by atoms with van der Waals surface area (Å²) in [6.45, 7) is 4.49. The molecule has 0 aromatic heterocycles. The maximum Gasteiger partial charge on any atom is 0.335 e. The lowest BCUT2D eigenvalue weighted by Gasteiger charge is -2.32. The van der Waals surface area contributed by atoms with Crippen LogP contribution in [-0.2, 0) is 0 Å². The average Bonchev–Trinajstić information content (AvgIpc) is 2.41. The molecule has 1 saturated carbocycles. The molecule has 0 atom stereocenters. The molecule has 1 aliphatic rings. The quantitative estimate of drug-likeness (QED) is 0.870. The van der Waals surface area contributed by atoms with Crippen molar-refractivity contribution in [3.63, 3.8) is 0 Å².